The SMILES string of the molecule is c1ncc(-c2ccc3[nH]nc(-c4cc5c(N6CCCCC6)cncc5[nH]4)c3n2)cc1OC1CCCCC1. The number of nitrogens with one attached hydrogen (secondary N) is 2. The molecule has 1 aliphatic heterocycles. The molecule has 0 unspecified atom stereocenters. The van der Waals surface area contributed by atoms with Crippen LogP contribution in [0.15, 0.2) is 49.1 Å². The van der Waals surface area contributed by atoms with E-state index in [-0.39, 0.29) is 6.10 Å². The highest BCUT2D eigenvalue weighted by Crippen LogP contribution is 2.34. The Hall–Kier alpha value is -3.94. The predicted octanol–water partition coefficient (Wildman–Crippen LogP) is 6.27. The predicted molar refractivity (Wildman–Crippen MR) is 146 cm³/mol. The fourth-order valence-electron chi connectivity index (χ4n) is 5.80. The molecule has 7 rings (SSSR count). The van der Waals surface area contributed by atoms with Crippen LogP contribution in [-0.2, 0) is 0 Å². The van der Waals surface area contributed by atoms with Gasteiger partial charge in [-0.1, -0.05) is 6.42 Å². The van der Waals surface area contributed by atoms with Gasteiger partial charge in [0.25, 0.3) is 0 Å². The lowest BCUT2D eigenvalue weighted by Crippen LogP contribution is -2.29. The number of piperidine rings is 1. The maximum atomic E-state index is 6.25. The molecule has 5 aromatic rings. The van der Waals surface area contributed by atoms with Crippen LogP contribution in [0.3, 0.4) is 0 Å². The van der Waals surface area contributed by atoms with Crippen molar-refractivity contribution in [3.63, 3.8) is 0 Å². The highest BCUT2D eigenvalue weighted by molar-refractivity contribution is 5.98. The van der Waals surface area contributed by atoms with Crippen LogP contribution in [0.5, 0.6) is 5.75 Å². The van der Waals surface area contributed by atoms with Gasteiger partial charge < -0.3 is 14.6 Å². The standard InChI is InChI=1S/C29H31N7O/c1-3-7-20(8-4-1)37-21-13-19(15-30-16-21)23-9-10-24-28(33-23)29(35-34-24)25-14-22-26(32-25)17-31-18-27(22)36-11-5-2-6-12-36/h9-10,13-18,20,32H,1-8,11-12H2,(H,34,35). The monoisotopic (exact) mass is 493 g/mol. The molecule has 0 atom stereocenters. The molecule has 0 spiro atoms. The van der Waals surface area contributed by atoms with Crippen LogP contribution in [0.25, 0.3) is 44.6 Å². The number of anilines is 1. The average molecular weight is 494 g/mol. The van der Waals surface area contributed by atoms with Gasteiger partial charge in [0.2, 0.25) is 0 Å². The lowest BCUT2D eigenvalue weighted by atomic mass is 9.98. The van der Waals surface area contributed by atoms with E-state index in [2.05, 4.69) is 42.2 Å². The van der Waals surface area contributed by atoms with Crippen molar-refractivity contribution in [2.24, 2.45) is 0 Å². The van der Waals surface area contributed by atoms with E-state index >= 15 is 0 Å². The summed E-state index contributed by atoms with van der Waals surface area (Å²) in [4.78, 5) is 20.0. The number of rotatable bonds is 5. The second-order valence-corrected chi connectivity index (χ2v) is 10.3. The first kappa shape index (κ1) is 22.3. The second kappa shape index (κ2) is 9.50. The van der Waals surface area contributed by atoms with Crippen LogP contribution in [0, 0.1) is 0 Å². The molecule has 2 fully saturated rings. The van der Waals surface area contributed by atoms with Gasteiger partial charge in [-0.25, -0.2) is 4.98 Å². The van der Waals surface area contributed by atoms with Crippen molar-refractivity contribution in [2.45, 2.75) is 57.5 Å². The van der Waals surface area contributed by atoms with Gasteiger partial charge in [-0.05, 0) is 69.2 Å². The van der Waals surface area contributed by atoms with Crippen molar-refractivity contribution in [1.82, 2.24) is 30.1 Å². The number of aromatic nitrogens is 6. The van der Waals surface area contributed by atoms with Crippen molar-refractivity contribution < 1.29 is 4.74 Å². The fraction of sp³-hybridized carbons (Fsp3) is 0.379. The summed E-state index contributed by atoms with van der Waals surface area (Å²) in [6, 6.07) is 8.28. The van der Waals surface area contributed by atoms with Crippen molar-refractivity contribution in [3.8, 4) is 28.4 Å². The molecule has 1 aliphatic carbocycles. The number of fused-ring (bicyclic) bond motifs is 2. The lowest BCUT2D eigenvalue weighted by Gasteiger charge is -2.28. The van der Waals surface area contributed by atoms with Crippen LogP contribution in [-0.4, -0.2) is 49.3 Å². The first-order valence-corrected chi connectivity index (χ1v) is 13.5. The van der Waals surface area contributed by atoms with Gasteiger partial charge >= 0.3 is 0 Å². The molecular weight excluding hydrogens is 462 g/mol. The van der Waals surface area contributed by atoms with Crippen LogP contribution in [0.1, 0.15) is 51.4 Å². The second-order valence-electron chi connectivity index (χ2n) is 10.3. The quantitative estimate of drug-likeness (QED) is 0.300. The Morgan fingerprint density at radius 3 is 2.57 bits per heavy atom. The summed E-state index contributed by atoms with van der Waals surface area (Å²) in [5, 5.41) is 8.97. The van der Waals surface area contributed by atoms with E-state index in [1.54, 1.807) is 6.20 Å². The van der Waals surface area contributed by atoms with Crippen molar-refractivity contribution in [1.29, 1.82) is 0 Å². The van der Waals surface area contributed by atoms with E-state index < -0.39 is 0 Å². The summed E-state index contributed by atoms with van der Waals surface area (Å²) in [5.74, 6) is 0.812. The minimum atomic E-state index is 0.285. The molecule has 8 nitrogen and oxygen atoms in total. The molecule has 8 heteroatoms. The van der Waals surface area contributed by atoms with Crippen molar-refractivity contribution in [2.75, 3.05) is 18.0 Å². The molecule has 0 bridgehead atoms. The molecule has 37 heavy (non-hydrogen) atoms. The summed E-state index contributed by atoms with van der Waals surface area (Å²) in [6.45, 7) is 2.16. The Morgan fingerprint density at radius 1 is 0.838 bits per heavy atom. The first-order valence-electron chi connectivity index (χ1n) is 13.5. The third kappa shape index (κ3) is 4.30. The average Bonchev–Trinajstić information content (AvgIpc) is 3.58. The molecule has 6 heterocycles. The zero-order chi connectivity index (χ0) is 24.6. The van der Waals surface area contributed by atoms with Gasteiger partial charge in [0.05, 0.1) is 52.8 Å². The number of ether oxygens (including phenoxy) is 1. The Bertz CT molecular complexity index is 1540. The zero-order valence-corrected chi connectivity index (χ0v) is 20.9. The molecule has 188 valence electrons. The van der Waals surface area contributed by atoms with Gasteiger partial charge in [-0.3, -0.25) is 15.1 Å². The molecule has 2 aliphatic rings. The largest absolute Gasteiger partial charge is 0.489 e. The van der Waals surface area contributed by atoms with E-state index in [1.165, 1.54) is 49.6 Å². The summed E-state index contributed by atoms with van der Waals surface area (Å²) < 4.78 is 6.25. The van der Waals surface area contributed by atoms with Gasteiger partial charge in [0.1, 0.15) is 17.0 Å². The number of H-pyrrole nitrogens is 2. The maximum Gasteiger partial charge on any atom is 0.138 e. The smallest absolute Gasteiger partial charge is 0.138 e. The maximum absolute atomic E-state index is 6.25. The van der Waals surface area contributed by atoms with Crippen LogP contribution in [0.2, 0.25) is 0 Å². The molecular formula is C29H31N7O. The minimum Gasteiger partial charge on any atom is -0.489 e. The highest BCUT2D eigenvalue weighted by Gasteiger charge is 2.19. The van der Waals surface area contributed by atoms with E-state index in [9.17, 15) is 0 Å². The fourth-order valence-corrected chi connectivity index (χ4v) is 5.80. The Balaban J connectivity index is 1.23. The third-order valence-corrected chi connectivity index (χ3v) is 7.75. The number of pyridine rings is 3. The molecule has 0 aromatic carbocycles. The van der Waals surface area contributed by atoms with E-state index in [0.717, 1.165) is 70.9 Å². The molecule has 1 saturated carbocycles. The van der Waals surface area contributed by atoms with E-state index in [0.29, 0.717) is 0 Å². The number of hydrogen-bond acceptors (Lipinski definition) is 6. The highest BCUT2D eigenvalue weighted by atomic mass is 16.5. The lowest BCUT2D eigenvalue weighted by molar-refractivity contribution is 0.154. The zero-order valence-electron chi connectivity index (χ0n) is 20.9. The molecule has 1 saturated heterocycles. The molecule has 5 aromatic heterocycles. The van der Waals surface area contributed by atoms with Crippen LogP contribution >= 0.6 is 0 Å². The Labute approximate surface area is 215 Å². The van der Waals surface area contributed by atoms with Gasteiger partial charge in [-0.15, -0.1) is 0 Å². The third-order valence-electron chi connectivity index (χ3n) is 7.75. The minimum absolute atomic E-state index is 0.285. The summed E-state index contributed by atoms with van der Waals surface area (Å²) >= 11 is 0. The van der Waals surface area contributed by atoms with Crippen LogP contribution < -0.4 is 9.64 Å². The number of nitrogens with zero attached hydrogens (tertiary/aromatic N) is 5. The van der Waals surface area contributed by atoms with Crippen molar-refractivity contribution in [3.05, 3.63) is 49.1 Å². The van der Waals surface area contributed by atoms with Gasteiger partial charge in [0, 0.05) is 30.2 Å². The van der Waals surface area contributed by atoms with E-state index in [1.807, 2.05) is 30.7 Å². The summed E-state index contributed by atoms with van der Waals surface area (Å²) in [5.41, 5.74) is 7.46. The molecule has 2 N–H and O–H groups in total. The van der Waals surface area contributed by atoms with Gasteiger partial charge in [0.15, 0.2) is 0 Å². The van der Waals surface area contributed by atoms with E-state index in [4.69, 9.17) is 9.72 Å². The molecule has 0 amide bonds. The van der Waals surface area contributed by atoms with Crippen molar-refractivity contribution >= 4 is 27.6 Å². The summed E-state index contributed by atoms with van der Waals surface area (Å²) in [6.07, 6.45) is 17.6. The Morgan fingerprint density at radius 2 is 1.68 bits per heavy atom. The number of hydrogen-bond donors (Lipinski definition) is 2. The Kier molecular flexibility index (Phi) is 5.72. The van der Waals surface area contributed by atoms with Crippen LogP contribution in [0.4, 0.5) is 5.69 Å². The first-order chi connectivity index (χ1) is 18.3. The normalized spacial score (nSPS) is 17.0. The summed E-state index contributed by atoms with van der Waals surface area (Å²) in [7, 11) is 0. The van der Waals surface area contributed by atoms with Gasteiger partial charge in [-0.2, -0.15) is 5.10 Å². The number of aromatic amines is 2. The molecule has 0 radical (unpaired) electrons. The topological polar surface area (TPSA) is 95.6 Å².